The van der Waals surface area contributed by atoms with Gasteiger partial charge in [0.25, 0.3) is 0 Å². The number of halogens is 1. The highest BCUT2D eigenvalue weighted by atomic mass is 79.9. The average Bonchev–Trinajstić information content (AvgIpc) is 2.30. The van der Waals surface area contributed by atoms with Crippen LogP contribution in [0.15, 0.2) is 42.7 Å². The fraction of sp³-hybridized carbons (Fsp3) is 0.167. The van der Waals surface area contributed by atoms with E-state index in [2.05, 4.69) is 38.0 Å². The molecule has 1 aromatic carbocycles. The summed E-state index contributed by atoms with van der Waals surface area (Å²) in [5.41, 5.74) is 2.19. The maximum Gasteiger partial charge on any atom is 0.141 e. The molecule has 2 rings (SSSR count). The second-order valence-electron chi connectivity index (χ2n) is 3.31. The Morgan fingerprint density at radius 2 is 1.60 bits per heavy atom. The van der Waals surface area contributed by atoms with Gasteiger partial charge in [0.1, 0.15) is 5.82 Å². The fourth-order valence-electron chi connectivity index (χ4n) is 1.32. The molecule has 0 aliphatic rings. The van der Waals surface area contributed by atoms with Crippen molar-refractivity contribution >= 4 is 15.9 Å². The van der Waals surface area contributed by atoms with Crippen molar-refractivity contribution < 1.29 is 0 Å². The van der Waals surface area contributed by atoms with Gasteiger partial charge in [-0.1, -0.05) is 46.3 Å². The SMILES string of the molecule is CC(Br)c1ncc(-c2ccccc2)cn1. The number of rotatable bonds is 2. The van der Waals surface area contributed by atoms with Gasteiger partial charge in [-0.2, -0.15) is 0 Å². The van der Waals surface area contributed by atoms with Crippen molar-refractivity contribution in [3.63, 3.8) is 0 Å². The van der Waals surface area contributed by atoms with Crippen LogP contribution in [0, 0.1) is 0 Å². The quantitative estimate of drug-likeness (QED) is 0.773. The summed E-state index contributed by atoms with van der Waals surface area (Å²) in [5, 5.41) is 0. The molecule has 0 fully saturated rings. The van der Waals surface area contributed by atoms with Gasteiger partial charge in [-0.3, -0.25) is 0 Å². The van der Waals surface area contributed by atoms with E-state index in [0.29, 0.717) is 0 Å². The molecule has 1 atom stereocenters. The van der Waals surface area contributed by atoms with E-state index in [4.69, 9.17) is 0 Å². The van der Waals surface area contributed by atoms with E-state index in [-0.39, 0.29) is 4.83 Å². The predicted molar refractivity (Wildman–Crippen MR) is 64.8 cm³/mol. The molecule has 0 radical (unpaired) electrons. The molecule has 1 heterocycles. The summed E-state index contributed by atoms with van der Waals surface area (Å²) in [6.07, 6.45) is 3.71. The summed E-state index contributed by atoms with van der Waals surface area (Å²) in [5.74, 6) is 0.815. The van der Waals surface area contributed by atoms with Gasteiger partial charge in [0.2, 0.25) is 0 Å². The maximum atomic E-state index is 4.30. The molecule has 2 nitrogen and oxygen atoms in total. The third-order valence-electron chi connectivity index (χ3n) is 2.13. The van der Waals surface area contributed by atoms with E-state index in [0.717, 1.165) is 17.0 Å². The van der Waals surface area contributed by atoms with Gasteiger partial charge in [-0.15, -0.1) is 0 Å². The largest absolute Gasteiger partial charge is 0.240 e. The molecule has 3 heteroatoms. The monoisotopic (exact) mass is 262 g/mol. The van der Waals surface area contributed by atoms with Gasteiger partial charge in [0.15, 0.2) is 0 Å². The molecule has 1 unspecified atom stereocenters. The van der Waals surface area contributed by atoms with Crippen molar-refractivity contribution in [3.8, 4) is 11.1 Å². The molecule has 0 N–H and O–H groups in total. The van der Waals surface area contributed by atoms with Gasteiger partial charge >= 0.3 is 0 Å². The second-order valence-corrected chi connectivity index (χ2v) is 4.69. The van der Waals surface area contributed by atoms with E-state index in [1.54, 1.807) is 0 Å². The summed E-state index contributed by atoms with van der Waals surface area (Å²) in [4.78, 5) is 8.79. The third-order valence-corrected chi connectivity index (χ3v) is 2.54. The molecule has 1 aromatic heterocycles. The highest BCUT2D eigenvalue weighted by Crippen LogP contribution is 2.20. The first-order chi connectivity index (χ1) is 7.27. The first-order valence-electron chi connectivity index (χ1n) is 4.79. The highest BCUT2D eigenvalue weighted by Gasteiger charge is 2.04. The molecule has 0 spiro atoms. The summed E-state index contributed by atoms with van der Waals surface area (Å²) < 4.78 is 0. The van der Waals surface area contributed by atoms with Crippen molar-refractivity contribution in [1.29, 1.82) is 0 Å². The number of alkyl halides is 1. The van der Waals surface area contributed by atoms with E-state index >= 15 is 0 Å². The minimum atomic E-state index is 0.197. The van der Waals surface area contributed by atoms with Gasteiger partial charge in [0.05, 0.1) is 4.83 Å². The lowest BCUT2D eigenvalue weighted by molar-refractivity contribution is 0.933. The average molecular weight is 263 g/mol. The predicted octanol–water partition coefficient (Wildman–Crippen LogP) is 3.60. The first kappa shape index (κ1) is 10.3. The maximum absolute atomic E-state index is 4.30. The first-order valence-corrected chi connectivity index (χ1v) is 5.70. The molecular formula is C12H11BrN2. The molecule has 2 aromatic rings. The van der Waals surface area contributed by atoms with Crippen molar-refractivity contribution in [1.82, 2.24) is 9.97 Å². The number of hydrogen-bond acceptors (Lipinski definition) is 2. The van der Waals surface area contributed by atoms with Crippen LogP contribution in [-0.4, -0.2) is 9.97 Å². The summed E-state index contributed by atoms with van der Waals surface area (Å²) in [7, 11) is 0. The lowest BCUT2D eigenvalue weighted by atomic mass is 10.1. The summed E-state index contributed by atoms with van der Waals surface area (Å²) in [6.45, 7) is 2.01. The molecule has 0 aliphatic heterocycles. The highest BCUT2D eigenvalue weighted by molar-refractivity contribution is 9.09. The number of aromatic nitrogens is 2. The number of nitrogens with zero attached hydrogens (tertiary/aromatic N) is 2. The van der Waals surface area contributed by atoms with Crippen molar-refractivity contribution in [2.75, 3.05) is 0 Å². The summed E-state index contributed by atoms with van der Waals surface area (Å²) >= 11 is 3.44. The van der Waals surface area contributed by atoms with Crippen LogP contribution in [0.4, 0.5) is 0 Å². The Morgan fingerprint density at radius 3 is 2.13 bits per heavy atom. The molecule has 0 aliphatic carbocycles. The molecule has 76 valence electrons. The van der Waals surface area contributed by atoms with Crippen LogP contribution in [0.25, 0.3) is 11.1 Å². The second kappa shape index (κ2) is 4.53. The normalized spacial score (nSPS) is 12.4. The van der Waals surface area contributed by atoms with Crippen LogP contribution in [0.2, 0.25) is 0 Å². The number of hydrogen-bond donors (Lipinski definition) is 0. The Hall–Kier alpha value is -1.22. The van der Waals surface area contributed by atoms with E-state index in [9.17, 15) is 0 Å². The minimum absolute atomic E-state index is 0.197. The van der Waals surface area contributed by atoms with Gasteiger partial charge in [-0.25, -0.2) is 9.97 Å². The molecule has 0 amide bonds. The van der Waals surface area contributed by atoms with Crippen molar-refractivity contribution in [2.45, 2.75) is 11.8 Å². The zero-order valence-corrected chi connectivity index (χ0v) is 9.98. The Morgan fingerprint density at radius 1 is 1.00 bits per heavy atom. The van der Waals surface area contributed by atoms with Crippen LogP contribution in [0.1, 0.15) is 17.6 Å². The standard InChI is InChI=1S/C12H11BrN2/c1-9(13)12-14-7-11(8-15-12)10-5-3-2-4-6-10/h2-9H,1H3. The smallest absolute Gasteiger partial charge is 0.141 e. The number of benzene rings is 1. The minimum Gasteiger partial charge on any atom is -0.240 e. The molecular weight excluding hydrogens is 252 g/mol. The van der Waals surface area contributed by atoms with Crippen molar-refractivity contribution in [3.05, 3.63) is 48.5 Å². The molecule has 15 heavy (non-hydrogen) atoms. The lowest BCUT2D eigenvalue weighted by Crippen LogP contribution is -1.94. The van der Waals surface area contributed by atoms with Gasteiger partial charge < -0.3 is 0 Å². The van der Waals surface area contributed by atoms with E-state index < -0.39 is 0 Å². The van der Waals surface area contributed by atoms with Crippen LogP contribution in [0.5, 0.6) is 0 Å². The van der Waals surface area contributed by atoms with Gasteiger partial charge in [-0.05, 0) is 12.5 Å². The Bertz CT molecular complexity index is 423. The zero-order chi connectivity index (χ0) is 10.7. The fourth-order valence-corrected chi connectivity index (χ4v) is 1.56. The lowest BCUT2D eigenvalue weighted by Gasteiger charge is -2.03. The summed E-state index contributed by atoms with van der Waals surface area (Å²) in [6, 6.07) is 10.1. The van der Waals surface area contributed by atoms with Crippen LogP contribution in [-0.2, 0) is 0 Å². The van der Waals surface area contributed by atoms with Crippen LogP contribution in [0.3, 0.4) is 0 Å². The topological polar surface area (TPSA) is 25.8 Å². The van der Waals surface area contributed by atoms with E-state index in [1.165, 1.54) is 0 Å². The molecule has 0 bridgehead atoms. The Kier molecular flexibility index (Phi) is 3.11. The van der Waals surface area contributed by atoms with Crippen molar-refractivity contribution in [2.24, 2.45) is 0 Å². The Labute approximate surface area is 97.5 Å². The molecule has 0 saturated heterocycles. The molecule has 0 saturated carbocycles. The Balaban J connectivity index is 2.32. The third kappa shape index (κ3) is 2.42. The van der Waals surface area contributed by atoms with Gasteiger partial charge in [0, 0.05) is 18.0 Å². The van der Waals surface area contributed by atoms with Crippen LogP contribution < -0.4 is 0 Å². The zero-order valence-electron chi connectivity index (χ0n) is 8.39. The van der Waals surface area contributed by atoms with E-state index in [1.807, 2.05) is 37.5 Å². The van der Waals surface area contributed by atoms with Crippen LogP contribution >= 0.6 is 15.9 Å².